The maximum absolute atomic E-state index is 3.66. The lowest BCUT2D eigenvalue weighted by atomic mass is 10.3. The average molecular weight is 130 g/mol. The topological polar surface area (TPSA) is 12.0 Å². The fourth-order valence-corrected chi connectivity index (χ4v) is 0.431. The highest BCUT2D eigenvalue weighted by molar-refractivity contribution is 5.85. The highest BCUT2D eigenvalue weighted by Gasteiger charge is 1.81. The fraction of sp³-hybridized carbons (Fsp3) is 0. The first-order valence-corrected chi connectivity index (χ1v) is 2.18. The summed E-state index contributed by atoms with van der Waals surface area (Å²) in [6.45, 7) is 3.66. The molecule has 1 heterocycles. The fourth-order valence-electron chi connectivity index (χ4n) is 0.431. The van der Waals surface area contributed by atoms with Crippen LogP contribution < -0.4 is 5.32 Å². The Kier molecular flexibility index (Phi) is 3.04. The smallest absolute Gasteiger partial charge is 0.0306 e. The van der Waals surface area contributed by atoms with Gasteiger partial charge in [0.05, 0.1) is 0 Å². The molecule has 1 aliphatic rings. The van der Waals surface area contributed by atoms with Crippen molar-refractivity contribution in [1.29, 1.82) is 0 Å². The van der Waals surface area contributed by atoms with Gasteiger partial charge in [-0.2, -0.15) is 0 Å². The van der Waals surface area contributed by atoms with Crippen molar-refractivity contribution in [3.05, 3.63) is 36.7 Å². The van der Waals surface area contributed by atoms with Crippen LogP contribution in [-0.4, -0.2) is 0 Å². The van der Waals surface area contributed by atoms with Crippen LogP contribution in [0.3, 0.4) is 0 Å². The van der Waals surface area contributed by atoms with E-state index in [0.29, 0.717) is 0 Å². The summed E-state index contributed by atoms with van der Waals surface area (Å²) in [6, 6.07) is 0. The SMILES string of the molecule is C=C1C=CC=CN1.Cl. The summed E-state index contributed by atoms with van der Waals surface area (Å²) in [6.07, 6.45) is 7.63. The molecular weight excluding hydrogens is 122 g/mol. The van der Waals surface area contributed by atoms with E-state index in [4.69, 9.17) is 0 Å². The van der Waals surface area contributed by atoms with Gasteiger partial charge in [-0.15, -0.1) is 12.4 Å². The Morgan fingerprint density at radius 3 is 2.38 bits per heavy atom. The van der Waals surface area contributed by atoms with Crippen molar-refractivity contribution < 1.29 is 0 Å². The van der Waals surface area contributed by atoms with Crippen molar-refractivity contribution in [3.8, 4) is 0 Å². The quantitative estimate of drug-likeness (QED) is 0.524. The Balaban J connectivity index is 0.000000490. The second-order valence-corrected chi connectivity index (χ2v) is 1.39. The Morgan fingerprint density at radius 2 is 2.12 bits per heavy atom. The number of hydrogen-bond donors (Lipinski definition) is 1. The number of nitrogens with one attached hydrogen (secondary N) is 1. The van der Waals surface area contributed by atoms with E-state index in [1.165, 1.54) is 0 Å². The van der Waals surface area contributed by atoms with Gasteiger partial charge >= 0.3 is 0 Å². The molecule has 0 aromatic rings. The zero-order valence-corrected chi connectivity index (χ0v) is 5.24. The maximum Gasteiger partial charge on any atom is 0.0306 e. The van der Waals surface area contributed by atoms with Crippen LogP contribution in [0.2, 0.25) is 0 Å². The molecule has 0 aromatic heterocycles. The predicted molar refractivity (Wildman–Crippen MR) is 37.8 cm³/mol. The summed E-state index contributed by atoms with van der Waals surface area (Å²) >= 11 is 0. The molecule has 0 fully saturated rings. The highest BCUT2D eigenvalue weighted by atomic mass is 35.5. The summed E-state index contributed by atoms with van der Waals surface area (Å²) < 4.78 is 0. The number of dihydropyridines is 1. The molecule has 1 N–H and O–H groups in total. The van der Waals surface area contributed by atoms with E-state index in [1.54, 1.807) is 0 Å². The molecule has 0 bridgehead atoms. The van der Waals surface area contributed by atoms with E-state index in [2.05, 4.69) is 11.9 Å². The van der Waals surface area contributed by atoms with Crippen LogP contribution in [0, 0.1) is 0 Å². The lowest BCUT2D eigenvalue weighted by Gasteiger charge is -1.99. The average Bonchev–Trinajstić information content (AvgIpc) is 1.69. The Labute approximate surface area is 55.2 Å². The van der Waals surface area contributed by atoms with Crippen molar-refractivity contribution in [2.24, 2.45) is 0 Å². The molecule has 0 saturated carbocycles. The minimum absolute atomic E-state index is 0. The largest absolute Gasteiger partial charge is 0.362 e. The Bertz CT molecular complexity index is 135. The van der Waals surface area contributed by atoms with Gasteiger partial charge in [0.1, 0.15) is 0 Å². The number of halogens is 1. The van der Waals surface area contributed by atoms with Crippen molar-refractivity contribution >= 4 is 12.4 Å². The summed E-state index contributed by atoms with van der Waals surface area (Å²) in [7, 11) is 0. The molecule has 0 radical (unpaired) electrons. The summed E-state index contributed by atoms with van der Waals surface area (Å²) in [5.74, 6) is 0. The second kappa shape index (κ2) is 3.33. The van der Waals surface area contributed by atoms with Gasteiger partial charge in [0.25, 0.3) is 0 Å². The van der Waals surface area contributed by atoms with Crippen LogP contribution in [0.5, 0.6) is 0 Å². The van der Waals surface area contributed by atoms with Crippen molar-refractivity contribution in [3.63, 3.8) is 0 Å². The minimum Gasteiger partial charge on any atom is -0.362 e. The zero-order chi connectivity index (χ0) is 5.11. The maximum atomic E-state index is 3.66. The van der Waals surface area contributed by atoms with Gasteiger partial charge in [0, 0.05) is 11.9 Å². The van der Waals surface area contributed by atoms with Gasteiger partial charge in [-0.1, -0.05) is 12.7 Å². The molecule has 1 aliphatic heterocycles. The van der Waals surface area contributed by atoms with Crippen LogP contribution in [0.4, 0.5) is 0 Å². The molecule has 1 nitrogen and oxygen atoms in total. The molecule has 0 unspecified atom stereocenters. The third kappa shape index (κ3) is 1.85. The van der Waals surface area contributed by atoms with Gasteiger partial charge in [-0.05, 0) is 12.2 Å². The monoisotopic (exact) mass is 129 g/mol. The lowest BCUT2D eigenvalue weighted by molar-refractivity contribution is 1.11. The normalized spacial score (nSPS) is 14.8. The number of rotatable bonds is 0. The second-order valence-electron chi connectivity index (χ2n) is 1.39. The molecule has 2 heteroatoms. The van der Waals surface area contributed by atoms with Gasteiger partial charge < -0.3 is 5.32 Å². The van der Waals surface area contributed by atoms with E-state index in [-0.39, 0.29) is 12.4 Å². The molecule has 0 atom stereocenters. The van der Waals surface area contributed by atoms with Crippen LogP contribution in [0.15, 0.2) is 36.7 Å². The Hall–Kier alpha value is -0.690. The summed E-state index contributed by atoms with van der Waals surface area (Å²) in [4.78, 5) is 0. The number of allylic oxidation sites excluding steroid dienone is 3. The first kappa shape index (κ1) is 7.31. The molecule has 8 heavy (non-hydrogen) atoms. The summed E-state index contributed by atoms with van der Waals surface area (Å²) in [5, 5.41) is 2.92. The van der Waals surface area contributed by atoms with Crippen molar-refractivity contribution in [1.82, 2.24) is 5.32 Å². The van der Waals surface area contributed by atoms with E-state index in [9.17, 15) is 0 Å². The molecular formula is C6H8ClN. The van der Waals surface area contributed by atoms with E-state index in [0.717, 1.165) is 5.70 Å². The third-order valence-corrected chi connectivity index (χ3v) is 0.773. The van der Waals surface area contributed by atoms with Crippen LogP contribution in [0.1, 0.15) is 0 Å². The van der Waals surface area contributed by atoms with E-state index >= 15 is 0 Å². The molecule has 0 amide bonds. The molecule has 0 aliphatic carbocycles. The van der Waals surface area contributed by atoms with Gasteiger partial charge in [0.15, 0.2) is 0 Å². The van der Waals surface area contributed by atoms with Crippen molar-refractivity contribution in [2.75, 3.05) is 0 Å². The van der Waals surface area contributed by atoms with Crippen LogP contribution >= 0.6 is 12.4 Å². The predicted octanol–water partition coefficient (Wildman–Crippen LogP) is 1.59. The van der Waals surface area contributed by atoms with E-state index < -0.39 is 0 Å². The molecule has 0 aromatic carbocycles. The van der Waals surface area contributed by atoms with Crippen LogP contribution in [0.25, 0.3) is 0 Å². The first-order chi connectivity index (χ1) is 3.39. The minimum atomic E-state index is 0. The van der Waals surface area contributed by atoms with Gasteiger partial charge in [-0.25, -0.2) is 0 Å². The Morgan fingerprint density at radius 1 is 1.38 bits per heavy atom. The highest BCUT2D eigenvalue weighted by Crippen LogP contribution is 1.92. The van der Waals surface area contributed by atoms with Crippen LogP contribution in [-0.2, 0) is 0 Å². The molecule has 0 saturated heterocycles. The van der Waals surface area contributed by atoms with Gasteiger partial charge in [-0.3, -0.25) is 0 Å². The third-order valence-electron chi connectivity index (χ3n) is 0.773. The summed E-state index contributed by atoms with van der Waals surface area (Å²) in [5.41, 5.74) is 0.947. The number of hydrogen-bond acceptors (Lipinski definition) is 1. The first-order valence-electron chi connectivity index (χ1n) is 2.18. The molecule has 1 rings (SSSR count). The molecule has 44 valence electrons. The molecule has 0 spiro atoms. The lowest BCUT2D eigenvalue weighted by Crippen LogP contribution is -2.01. The van der Waals surface area contributed by atoms with E-state index in [1.807, 2.05) is 24.4 Å². The standard InChI is InChI=1S/C6H7N.ClH/c1-6-4-2-3-5-7-6;/h2-5,7H,1H2;1H. The zero-order valence-electron chi connectivity index (χ0n) is 4.42. The van der Waals surface area contributed by atoms with Gasteiger partial charge in [0.2, 0.25) is 0 Å². The van der Waals surface area contributed by atoms with Crippen molar-refractivity contribution in [2.45, 2.75) is 0 Å².